The molecule has 5 heterocycles. The Labute approximate surface area is 434 Å². The van der Waals surface area contributed by atoms with Crippen LogP contribution in [0.5, 0.6) is 0 Å². The highest BCUT2D eigenvalue weighted by Gasteiger charge is 2.43. The summed E-state index contributed by atoms with van der Waals surface area (Å²) in [5, 5.41) is 27.8. The number of unbranched alkanes of at least 4 members (excludes halogenated alkanes) is 6. The Morgan fingerprint density at radius 1 is 0.548 bits per heavy atom. The van der Waals surface area contributed by atoms with E-state index in [0.717, 1.165) is 86.4 Å². The lowest BCUT2D eigenvalue weighted by Gasteiger charge is -2.33. The molecule has 0 spiro atoms. The van der Waals surface area contributed by atoms with Gasteiger partial charge < -0.3 is 0 Å². The second-order valence-corrected chi connectivity index (χ2v) is 21.6. The Morgan fingerprint density at radius 2 is 1.10 bits per heavy atom. The second kappa shape index (κ2) is 20.1. The predicted octanol–water partition coefficient (Wildman–Crippen LogP) is 17.1. The molecule has 10 aromatic rings. The van der Waals surface area contributed by atoms with Crippen molar-refractivity contribution >= 4 is 82.1 Å². The third-order valence-electron chi connectivity index (χ3n) is 14.9. The highest BCUT2D eigenvalue weighted by molar-refractivity contribution is 7.22. The van der Waals surface area contributed by atoms with Crippen LogP contribution in [0, 0.1) is 5.41 Å². The molecule has 5 aromatic heterocycles. The van der Waals surface area contributed by atoms with Crippen LogP contribution >= 0.6 is 22.7 Å². The van der Waals surface area contributed by atoms with E-state index < -0.39 is 0 Å². The van der Waals surface area contributed by atoms with E-state index in [4.69, 9.17) is 15.3 Å². The molecule has 2 aliphatic rings. The van der Waals surface area contributed by atoms with Crippen molar-refractivity contribution in [2.24, 2.45) is 5.10 Å². The van der Waals surface area contributed by atoms with Crippen LogP contribution in [0.25, 0.3) is 80.7 Å². The van der Waals surface area contributed by atoms with Crippen LogP contribution in [0.15, 0.2) is 176 Å². The lowest BCUT2D eigenvalue weighted by atomic mass is 9.69. The number of hydrazone groups is 1. The highest BCUT2D eigenvalue weighted by Crippen LogP contribution is 2.56. The highest BCUT2D eigenvalue weighted by atomic mass is 32.1. The predicted molar refractivity (Wildman–Crippen MR) is 307 cm³/mol. The molecule has 0 fully saturated rings. The Kier molecular flexibility index (Phi) is 12.8. The van der Waals surface area contributed by atoms with Crippen LogP contribution in [0.4, 0.5) is 5.69 Å². The van der Waals surface area contributed by atoms with Crippen molar-refractivity contribution in [1.82, 2.24) is 25.0 Å². The molecule has 12 rings (SSSR count). The second-order valence-electron chi connectivity index (χ2n) is 19.4. The number of rotatable bonds is 17. The molecule has 8 nitrogen and oxygen atoms in total. The first kappa shape index (κ1) is 46.4. The Hall–Kier alpha value is -7.66. The minimum Gasteiger partial charge on any atom is -0.298 e. The summed E-state index contributed by atoms with van der Waals surface area (Å²) in [4.78, 5) is 12.5. The van der Waals surface area contributed by atoms with Gasteiger partial charge in [0.25, 0.3) is 0 Å². The lowest BCUT2D eigenvalue weighted by molar-refractivity contribution is 0.401. The van der Waals surface area contributed by atoms with Gasteiger partial charge in [0, 0.05) is 71.6 Å². The van der Waals surface area contributed by atoms with Crippen LogP contribution in [0.3, 0.4) is 0 Å². The summed E-state index contributed by atoms with van der Waals surface area (Å²) in [5.74, 6) is 0. The minimum absolute atomic E-state index is 0.226. The maximum Gasteiger partial charge on any atom is 0.122 e. The number of nitrogens with one attached hydrogen (secondary N) is 2. The van der Waals surface area contributed by atoms with E-state index in [1.165, 1.54) is 85.8 Å². The number of thiophene rings is 2. The number of hydrogen-bond donors (Lipinski definition) is 2. The number of hydrogen-bond acceptors (Lipinski definition) is 9. The van der Waals surface area contributed by atoms with E-state index >= 15 is 0 Å². The number of allylic oxidation sites excluding steroid dienone is 4. The van der Waals surface area contributed by atoms with Gasteiger partial charge in [-0.1, -0.05) is 150 Å². The molecule has 2 aliphatic carbocycles. The van der Waals surface area contributed by atoms with Crippen molar-refractivity contribution in [3.63, 3.8) is 0 Å². The fourth-order valence-corrected chi connectivity index (χ4v) is 13.3. The van der Waals surface area contributed by atoms with Crippen molar-refractivity contribution in [3.05, 3.63) is 192 Å². The van der Waals surface area contributed by atoms with Gasteiger partial charge in [0.05, 0.1) is 17.1 Å². The van der Waals surface area contributed by atoms with Crippen molar-refractivity contribution in [3.8, 4) is 38.4 Å². The van der Waals surface area contributed by atoms with Crippen LogP contribution in [-0.2, 0) is 5.41 Å². The average Bonchev–Trinajstić information content (AvgIpc) is 4.24. The van der Waals surface area contributed by atoms with Gasteiger partial charge in [-0.3, -0.25) is 20.8 Å². The molecule has 360 valence electrons. The van der Waals surface area contributed by atoms with Crippen molar-refractivity contribution in [1.29, 1.82) is 5.41 Å². The quantitative estimate of drug-likeness (QED) is 0.0537. The SMILES string of the molecule is CCCCCCC1(CCCCCC)c2cc(C3=CC=C(c4cc5ccccc5s4)C(=N)C3=NNc3ccncc3)ccc2-c2ccc(-c3ccc(-c4cc5ccccc5s4)c4nn(-c5ccncc5)nc34)cc21. The molecule has 0 radical (unpaired) electrons. The summed E-state index contributed by atoms with van der Waals surface area (Å²) in [5.41, 5.74) is 19.1. The maximum absolute atomic E-state index is 9.86. The standard InChI is InChI=1S/C63H56N8S2/c1-3-5-7-13-31-63(32-14-8-6-4-2)53-37-41(47-23-25-51(57-39-43-15-9-11-17-55(43)72-57)59(64)60(47)68-67-45-27-33-65-34-28-45)19-21-49(53)50-22-20-42(38-54(50)63)48-24-26-52(58-40-44-16-10-12-18-56(44)73-58)62-61(48)69-71(70-62)46-29-35-66-36-30-46/h9-12,15-30,33-40,64H,3-8,13-14,31-32H2,1-2H3,(H,65,67). The molecular weight excluding hydrogens is 933 g/mol. The number of nitrogens with zero attached hydrogens (tertiary/aromatic N) is 6. The van der Waals surface area contributed by atoms with Gasteiger partial charge >= 0.3 is 0 Å². The first-order chi connectivity index (χ1) is 36.0. The average molecular weight is 989 g/mol. The molecular formula is C63H56N8S2. The summed E-state index contributed by atoms with van der Waals surface area (Å²) in [6.07, 6.45) is 23.0. The molecule has 0 saturated heterocycles. The molecule has 0 amide bonds. The number of pyridine rings is 2. The summed E-state index contributed by atoms with van der Waals surface area (Å²) in [7, 11) is 0. The van der Waals surface area contributed by atoms with Crippen molar-refractivity contribution < 1.29 is 0 Å². The van der Waals surface area contributed by atoms with E-state index in [9.17, 15) is 5.41 Å². The summed E-state index contributed by atoms with van der Waals surface area (Å²) >= 11 is 3.52. The van der Waals surface area contributed by atoms with Gasteiger partial charge in [-0.05, 0) is 118 Å². The van der Waals surface area contributed by atoms with E-state index in [-0.39, 0.29) is 5.41 Å². The molecule has 0 bridgehead atoms. The molecule has 5 aromatic carbocycles. The summed E-state index contributed by atoms with van der Waals surface area (Å²) < 4.78 is 2.46. The van der Waals surface area contributed by atoms with Crippen LogP contribution in [0.1, 0.15) is 99.6 Å². The third-order valence-corrected chi connectivity index (χ3v) is 17.2. The van der Waals surface area contributed by atoms with E-state index in [2.05, 4.69) is 151 Å². The lowest BCUT2D eigenvalue weighted by Crippen LogP contribution is -2.26. The van der Waals surface area contributed by atoms with E-state index in [0.29, 0.717) is 11.4 Å². The van der Waals surface area contributed by atoms with Crippen molar-refractivity contribution in [2.75, 3.05) is 5.43 Å². The van der Waals surface area contributed by atoms with Gasteiger partial charge in [0.1, 0.15) is 16.7 Å². The van der Waals surface area contributed by atoms with Gasteiger partial charge in [-0.15, -0.1) is 32.9 Å². The zero-order valence-corrected chi connectivity index (χ0v) is 42.9. The maximum atomic E-state index is 9.86. The van der Waals surface area contributed by atoms with E-state index in [1.807, 2.05) is 24.3 Å². The first-order valence-corrected chi connectivity index (χ1v) is 27.5. The zero-order valence-electron chi connectivity index (χ0n) is 41.2. The number of aromatic nitrogens is 5. The number of benzene rings is 5. The fourth-order valence-electron chi connectivity index (χ4n) is 11.1. The molecule has 0 saturated carbocycles. The van der Waals surface area contributed by atoms with Gasteiger partial charge in [-0.25, -0.2) is 0 Å². The molecule has 73 heavy (non-hydrogen) atoms. The minimum atomic E-state index is -0.226. The smallest absolute Gasteiger partial charge is 0.122 e. The Balaban J connectivity index is 1.01. The normalized spacial score (nSPS) is 14.5. The third kappa shape index (κ3) is 8.72. The molecule has 2 N–H and O–H groups in total. The van der Waals surface area contributed by atoms with Gasteiger partial charge in [-0.2, -0.15) is 9.90 Å². The van der Waals surface area contributed by atoms with E-state index in [1.54, 1.807) is 52.3 Å². The monoisotopic (exact) mass is 988 g/mol. The van der Waals surface area contributed by atoms with Crippen LogP contribution in [-0.4, -0.2) is 36.4 Å². The fraction of sp³-hybridized carbons (Fsp3) is 0.206. The van der Waals surface area contributed by atoms with Crippen molar-refractivity contribution in [2.45, 2.75) is 83.5 Å². The number of fused-ring (bicyclic) bond motifs is 6. The molecule has 0 atom stereocenters. The Bertz CT molecular complexity index is 3700. The van der Waals surface area contributed by atoms with Gasteiger partial charge in [0.15, 0.2) is 0 Å². The first-order valence-electron chi connectivity index (χ1n) is 25.8. The molecule has 0 aliphatic heterocycles. The zero-order chi connectivity index (χ0) is 49.3. The Morgan fingerprint density at radius 3 is 1.75 bits per heavy atom. The molecule has 10 heteroatoms. The summed E-state index contributed by atoms with van der Waals surface area (Å²) in [6.45, 7) is 4.60. The van der Waals surface area contributed by atoms with Gasteiger partial charge in [0.2, 0.25) is 0 Å². The van der Waals surface area contributed by atoms with Crippen LogP contribution < -0.4 is 5.43 Å². The topological polar surface area (TPSA) is 105 Å². The number of anilines is 1. The summed E-state index contributed by atoms with van der Waals surface area (Å²) in [6, 6.07) is 48.0. The van der Waals surface area contributed by atoms with Crippen LogP contribution in [0.2, 0.25) is 0 Å². The molecule has 0 unspecified atom stereocenters. The largest absolute Gasteiger partial charge is 0.298 e.